The first kappa shape index (κ1) is 12.1. The summed E-state index contributed by atoms with van der Waals surface area (Å²) in [5.74, 6) is 0.0845. The number of hydrogen-bond donors (Lipinski definition) is 0. The molecule has 0 aromatic heterocycles. The van der Waals surface area contributed by atoms with Crippen LogP contribution in [0.2, 0.25) is 0 Å². The zero-order valence-electron chi connectivity index (χ0n) is 10.1. The summed E-state index contributed by atoms with van der Waals surface area (Å²) in [6, 6.07) is 12.6. The van der Waals surface area contributed by atoms with E-state index in [1.807, 2.05) is 18.2 Å². The van der Waals surface area contributed by atoms with Gasteiger partial charge >= 0.3 is 0 Å². The normalized spacial score (nSPS) is 24.9. The van der Waals surface area contributed by atoms with E-state index in [-0.39, 0.29) is 12.0 Å². The number of nitrogens with zero attached hydrogens (tertiary/aromatic N) is 1. The highest BCUT2D eigenvalue weighted by Gasteiger charge is 2.23. The summed E-state index contributed by atoms with van der Waals surface area (Å²) < 4.78 is 5.93. The van der Waals surface area contributed by atoms with Gasteiger partial charge in [0, 0.05) is 0 Å². The molecule has 2 heteroatoms. The van der Waals surface area contributed by atoms with Crippen molar-refractivity contribution >= 4 is 0 Å². The molecule has 1 aromatic carbocycles. The van der Waals surface area contributed by atoms with Crippen LogP contribution in [0.3, 0.4) is 0 Å². The third-order valence-electron chi connectivity index (χ3n) is 3.43. The molecule has 0 heterocycles. The number of ether oxygens (including phenoxy) is 1. The van der Waals surface area contributed by atoms with Crippen molar-refractivity contribution in [3.63, 3.8) is 0 Å². The average Bonchev–Trinajstić information content (AvgIpc) is 2.62. The molecule has 1 saturated carbocycles. The van der Waals surface area contributed by atoms with E-state index in [2.05, 4.69) is 18.2 Å². The smallest absolute Gasteiger partial charge is 0.0737 e. The first-order chi connectivity index (χ1) is 8.40. The van der Waals surface area contributed by atoms with E-state index in [4.69, 9.17) is 10.00 Å². The quantitative estimate of drug-likeness (QED) is 0.741. The van der Waals surface area contributed by atoms with Gasteiger partial charge in [0.2, 0.25) is 0 Å². The van der Waals surface area contributed by atoms with Gasteiger partial charge in [-0.25, -0.2) is 0 Å². The fraction of sp³-hybridized carbons (Fsp3) is 0.533. The summed E-state index contributed by atoms with van der Waals surface area (Å²) in [7, 11) is 0. The van der Waals surface area contributed by atoms with E-state index < -0.39 is 0 Å². The predicted molar refractivity (Wildman–Crippen MR) is 67.2 cm³/mol. The van der Waals surface area contributed by atoms with Gasteiger partial charge in [-0.3, -0.25) is 0 Å². The van der Waals surface area contributed by atoms with Gasteiger partial charge in [0.05, 0.1) is 24.7 Å². The van der Waals surface area contributed by atoms with Crippen LogP contribution in [0.15, 0.2) is 30.3 Å². The largest absolute Gasteiger partial charge is 0.372 e. The SMILES string of the molecule is N#CC1CCCCCC1OCc1ccccc1. The first-order valence-electron chi connectivity index (χ1n) is 6.45. The molecule has 0 N–H and O–H groups in total. The highest BCUT2D eigenvalue weighted by molar-refractivity contribution is 5.13. The van der Waals surface area contributed by atoms with Gasteiger partial charge in [-0.15, -0.1) is 0 Å². The Morgan fingerprint density at radius 3 is 2.65 bits per heavy atom. The van der Waals surface area contributed by atoms with E-state index in [1.54, 1.807) is 0 Å². The van der Waals surface area contributed by atoms with E-state index in [9.17, 15) is 0 Å². The second-order valence-corrected chi connectivity index (χ2v) is 4.71. The summed E-state index contributed by atoms with van der Waals surface area (Å²) in [5, 5.41) is 9.15. The van der Waals surface area contributed by atoms with Crippen LogP contribution in [0.4, 0.5) is 0 Å². The van der Waals surface area contributed by atoms with Gasteiger partial charge in [-0.2, -0.15) is 5.26 Å². The fourth-order valence-electron chi connectivity index (χ4n) is 2.40. The van der Waals surface area contributed by atoms with Gasteiger partial charge in [-0.1, -0.05) is 49.6 Å². The summed E-state index contributed by atoms with van der Waals surface area (Å²) in [4.78, 5) is 0. The first-order valence-corrected chi connectivity index (χ1v) is 6.45. The summed E-state index contributed by atoms with van der Waals surface area (Å²) in [5.41, 5.74) is 1.19. The van der Waals surface area contributed by atoms with Crippen LogP contribution in [0.5, 0.6) is 0 Å². The lowest BCUT2D eigenvalue weighted by Gasteiger charge is -2.19. The standard InChI is InChI=1S/C15H19NO/c16-11-14-9-5-2-6-10-15(14)17-12-13-7-3-1-4-8-13/h1,3-4,7-8,14-15H,2,5-6,9-10,12H2. The van der Waals surface area contributed by atoms with Crippen molar-refractivity contribution in [3.05, 3.63) is 35.9 Å². The van der Waals surface area contributed by atoms with Crippen molar-refractivity contribution in [1.29, 1.82) is 5.26 Å². The third-order valence-corrected chi connectivity index (χ3v) is 3.43. The summed E-state index contributed by atoms with van der Waals surface area (Å²) >= 11 is 0. The molecule has 17 heavy (non-hydrogen) atoms. The molecule has 1 aliphatic rings. The van der Waals surface area contributed by atoms with Gasteiger partial charge in [0.1, 0.15) is 0 Å². The molecular weight excluding hydrogens is 210 g/mol. The second kappa shape index (κ2) is 6.42. The lowest BCUT2D eigenvalue weighted by Crippen LogP contribution is -2.21. The maximum absolute atomic E-state index is 9.15. The Morgan fingerprint density at radius 2 is 1.88 bits per heavy atom. The minimum Gasteiger partial charge on any atom is -0.372 e. The Bertz CT molecular complexity index is 368. The molecule has 1 aliphatic carbocycles. The summed E-state index contributed by atoms with van der Waals surface area (Å²) in [6.07, 6.45) is 5.76. The molecule has 0 saturated heterocycles. The van der Waals surface area contributed by atoms with Crippen LogP contribution in [0.1, 0.15) is 37.7 Å². The number of benzene rings is 1. The molecule has 0 spiro atoms. The predicted octanol–water partition coefficient (Wildman–Crippen LogP) is 3.68. The van der Waals surface area contributed by atoms with E-state index in [0.717, 1.165) is 12.8 Å². The van der Waals surface area contributed by atoms with E-state index in [1.165, 1.54) is 24.8 Å². The lowest BCUT2D eigenvalue weighted by atomic mass is 9.99. The van der Waals surface area contributed by atoms with Crippen LogP contribution in [-0.4, -0.2) is 6.10 Å². The molecule has 2 rings (SSSR count). The van der Waals surface area contributed by atoms with E-state index in [0.29, 0.717) is 6.61 Å². The molecular formula is C15H19NO. The molecule has 0 radical (unpaired) electrons. The zero-order valence-corrected chi connectivity index (χ0v) is 10.1. The summed E-state index contributed by atoms with van der Waals surface area (Å²) in [6.45, 7) is 0.629. The Balaban J connectivity index is 1.90. The Labute approximate surface area is 103 Å². The van der Waals surface area contributed by atoms with Crippen molar-refractivity contribution < 1.29 is 4.74 Å². The van der Waals surface area contributed by atoms with E-state index >= 15 is 0 Å². The monoisotopic (exact) mass is 229 g/mol. The van der Waals surface area contributed by atoms with Crippen molar-refractivity contribution in [3.8, 4) is 6.07 Å². The molecule has 2 atom stereocenters. The Morgan fingerprint density at radius 1 is 1.12 bits per heavy atom. The topological polar surface area (TPSA) is 33.0 Å². The zero-order chi connectivity index (χ0) is 11.9. The molecule has 1 aromatic rings. The number of rotatable bonds is 3. The van der Waals surface area contributed by atoms with Crippen molar-refractivity contribution in [1.82, 2.24) is 0 Å². The fourth-order valence-corrected chi connectivity index (χ4v) is 2.40. The van der Waals surface area contributed by atoms with Crippen LogP contribution < -0.4 is 0 Å². The maximum Gasteiger partial charge on any atom is 0.0737 e. The van der Waals surface area contributed by atoms with Crippen molar-refractivity contribution in [2.45, 2.75) is 44.8 Å². The highest BCUT2D eigenvalue weighted by Crippen LogP contribution is 2.26. The molecule has 0 aliphatic heterocycles. The van der Waals surface area contributed by atoms with Crippen molar-refractivity contribution in [2.24, 2.45) is 5.92 Å². The van der Waals surface area contributed by atoms with Crippen LogP contribution in [-0.2, 0) is 11.3 Å². The minimum absolute atomic E-state index is 0.0845. The molecule has 0 amide bonds. The van der Waals surface area contributed by atoms with Gasteiger partial charge < -0.3 is 4.74 Å². The van der Waals surface area contributed by atoms with Crippen molar-refractivity contribution in [2.75, 3.05) is 0 Å². The molecule has 0 bridgehead atoms. The number of nitriles is 1. The van der Waals surface area contributed by atoms with Crippen LogP contribution in [0.25, 0.3) is 0 Å². The molecule has 2 unspecified atom stereocenters. The van der Waals surface area contributed by atoms with Gasteiger partial charge in [0.25, 0.3) is 0 Å². The average molecular weight is 229 g/mol. The second-order valence-electron chi connectivity index (χ2n) is 4.71. The Hall–Kier alpha value is -1.33. The highest BCUT2D eigenvalue weighted by atomic mass is 16.5. The molecule has 2 nitrogen and oxygen atoms in total. The Kier molecular flexibility index (Phi) is 4.58. The minimum atomic E-state index is 0.0845. The van der Waals surface area contributed by atoms with Gasteiger partial charge in [-0.05, 0) is 18.4 Å². The number of hydrogen-bond acceptors (Lipinski definition) is 2. The third kappa shape index (κ3) is 3.57. The maximum atomic E-state index is 9.15. The molecule has 90 valence electrons. The van der Waals surface area contributed by atoms with Crippen LogP contribution >= 0.6 is 0 Å². The van der Waals surface area contributed by atoms with Crippen LogP contribution in [0, 0.1) is 17.2 Å². The van der Waals surface area contributed by atoms with Gasteiger partial charge in [0.15, 0.2) is 0 Å². The lowest BCUT2D eigenvalue weighted by molar-refractivity contribution is 0.0115. The molecule has 1 fully saturated rings.